The van der Waals surface area contributed by atoms with Crippen LogP contribution in [0.15, 0.2) is 42.5 Å². The molecule has 2 aromatic rings. The molecule has 2 saturated heterocycles. The van der Waals surface area contributed by atoms with Gasteiger partial charge in [-0.25, -0.2) is 0 Å². The Kier molecular flexibility index (Phi) is 5.02. The molecule has 162 valence electrons. The van der Waals surface area contributed by atoms with Gasteiger partial charge in [-0.05, 0) is 36.8 Å². The first-order valence-corrected chi connectivity index (χ1v) is 10.9. The smallest absolute Gasteiger partial charge is 0.255 e. The van der Waals surface area contributed by atoms with Crippen LogP contribution in [0.1, 0.15) is 35.7 Å². The molecule has 1 atom stereocenters. The van der Waals surface area contributed by atoms with E-state index in [9.17, 15) is 9.59 Å². The van der Waals surface area contributed by atoms with Crippen molar-refractivity contribution in [1.82, 2.24) is 15.1 Å². The van der Waals surface area contributed by atoms with Crippen LogP contribution in [-0.4, -0.2) is 53.2 Å². The standard InChI is InChI=1S/C23H24ClN3O4/c1-15-21(28)27(13-16-6-7-19-20(12-16)31-14-30-19)23(25-15)8-10-26(11-9-23)22(29)17-4-2-3-5-18(17)24/h2-7,12,15,25H,8-11,13-14H2,1H3. The van der Waals surface area contributed by atoms with Crippen LogP contribution >= 0.6 is 11.6 Å². The highest BCUT2D eigenvalue weighted by Crippen LogP contribution is 2.37. The largest absolute Gasteiger partial charge is 0.454 e. The van der Waals surface area contributed by atoms with E-state index >= 15 is 0 Å². The second kappa shape index (κ2) is 7.73. The topological polar surface area (TPSA) is 71.1 Å². The Labute approximate surface area is 185 Å². The zero-order chi connectivity index (χ0) is 21.6. The molecule has 2 aromatic carbocycles. The Balaban J connectivity index is 1.33. The fraction of sp³-hybridized carbons (Fsp3) is 0.391. The molecule has 0 saturated carbocycles. The monoisotopic (exact) mass is 441 g/mol. The fourth-order valence-electron chi connectivity index (χ4n) is 4.74. The van der Waals surface area contributed by atoms with Crippen LogP contribution in [0, 0.1) is 0 Å². The van der Waals surface area contributed by atoms with Crippen molar-refractivity contribution >= 4 is 23.4 Å². The Bertz CT molecular complexity index is 1040. The number of fused-ring (bicyclic) bond motifs is 1. The number of amides is 2. The number of hydrogen-bond acceptors (Lipinski definition) is 5. The lowest BCUT2D eigenvalue weighted by molar-refractivity contribution is -0.133. The van der Waals surface area contributed by atoms with E-state index in [1.165, 1.54) is 0 Å². The van der Waals surface area contributed by atoms with Gasteiger partial charge in [0, 0.05) is 32.5 Å². The van der Waals surface area contributed by atoms with Crippen LogP contribution < -0.4 is 14.8 Å². The zero-order valence-corrected chi connectivity index (χ0v) is 18.0. The van der Waals surface area contributed by atoms with E-state index in [1.807, 2.05) is 47.1 Å². The van der Waals surface area contributed by atoms with Gasteiger partial charge in [-0.15, -0.1) is 0 Å². The second-order valence-corrected chi connectivity index (χ2v) is 8.69. The van der Waals surface area contributed by atoms with Crippen molar-refractivity contribution < 1.29 is 19.1 Å². The molecule has 5 rings (SSSR count). The molecule has 0 radical (unpaired) electrons. The normalized spacial score (nSPS) is 21.7. The number of ether oxygens (including phenoxy) is 2. The number of carbonyl (C=O) groups excluding carboxylic acids is 2. The summed E-state index contributed by atoms with van der Waals surface area (Å²) in [5.74, 6) is 1.44. The van der Waals surface area contributed by atoms with Gasteiger partial charge >= 0.3 is 0 Å². The summed E-state index contributed by atoms with van der Waals surface area (Å²) in [5, 5.41) is 3.97. The molecule has 1 spiro atoms. The van der Waals surface area contributed by atoms with Gasteiger partial charge in [-0.3, -0.25) is 14.9 Å². The lowest BCUT2D eigenvalue weighted by Gasteiger charge is -2.44. The Morgan fingerprint density at radius 1 is 1.16 bits per heavy atom. The van der Waals surface area contributed by atoms with Crippen molar-refractivity contribution in [3.05, 3.63) is 58.6 Å². The van der Waals surface area contributed by atoms with Gasteiger partial charge in [0.1, 0.15) is 0 Å². The second-order valence-electron chi connectivity index (χ2n) is 8.28. The molecule has 0 aromatic heterocycles. The van der Waals surface area contributed by atoms with Crippen LogP contribution in [0.3, 0.4) is 0 Å². The highest BCUT2D eigenvalue weighted by molar-refractivity contribution is 6.33. The quantitative estimate of drug-likeness (QED) is 0.792. The molecule has 8 heteroatoms. The lowest BCUT2D eigenvalue weighted by atomic mass is 9.94. The van der Waals surface area contributed by atoms with Crippen molar-refractivity contribution in [2.45, 2.75) is 38.0 Å². The van der Waals surface area contributed by atoms with E-state index in [2.05, 4.69) is 5.32 Å². The molecular formula is C23H24ClN3O4. The first-order chi connectivity index (χ1) is 15.0. The molecule has 0 aliphatic carbocycles. The minimum Gasteiger partial charge on any atom is -0.454 e. The molecule has 3 aliphatic rings. The summed E-state index contributed by atoms with van der Waals surface area (Å²) in [6, 6.07) is 12.6. The summed E-state index contributed by atoms with van der Waals surface area (Å²) >= 11 is 6.22. The molecule has 2 amide bonds. The first-order valence-electron chi connectivity index (χ1n) is 10.5. The average Bonchev–Trinajstić information content (AvgIpc) is 3.33. The maximum atomic E-state index is 13.0. The van der Waals surface area contributed by atoms with E-state index < -0.39 is 5.66 Å². The highest BCUT2D eigenvalue weighted by atomic mass is 35.5. The predicted molar refractivity (Wildman–Crippen MR) is 115 cm³/mol. The summed E-state index contributed by atoms with van der Waals surface area (Å²) < 4.78 is 10.9. The summed E-state index contributed by atoms with van der Waals surface area (Å²) in [6.07, 6.45) is 1.31. The van der Waals surface area contributed by atoms with Gasteiger partial charge in [-0.1, -0.05) is 29.8 Å². The van der Waals surface area contributed by atoms with Crippen LogP contribution in [-0.2, 0) is 11.3 Å². The minimum atomic E-state index is -0.468. The molecule has 1 N–H and O–H groups in total. The van der Waals surface area contributed by atoms with Crippen molar-refractivity contribution in [1.29, 1.82) is 0 Å². The third kappa shape index (κ3) is 3.51. The Morgan fingerprint density at radius 2 is 1.90 bits per heavy atom. The predicted octanol–water partition coefficient (Wildman–Crippen LogP) is 3.02. The molecule has 7 nitrogen and oxygen atoms in total. The molecule has 0 bridgehead atoms. The van der Waals surface area contributed by atoms with Gasteiger partial charge in [0.05, 0.1) is 22.3 Å². The van der Waals surface area contributed by atoms with Crippen LogP contribution in [0.25, 0.3) is 0 Å². The fourth-order valence-corrected chi connectivity index (χ4v) is 4.95. The van der Waals surface area contributed by atoms with Crippen LogP contribution in [0.5, 0.6) is 11.5 Å². The average molecular weight is 442 g/mol. The maximum absolute atomic E-state index is 13.0. The molecule has 1 unspecified atom stereocenters. The molecule has 3 heterocycles. The highest BCUT2D eigenvalue weighted by Gasteiger charge is 2.50. The first kappa shape index (κ1) is 20.2. The molecular weight excluding hydrogens is 418 g/mol. The van der Waals surface area contributed by atoms with Crippen LogP contribution in [0.2, 0.25) is 5.02 Å². The van der Waals surface area contributed by atoms with Gasteiger partial charge in [0.2, 0.25) is 12.7 Å². The third-order valence-electron chi connectivity index (χ3n) is 6.40. The van der Waals surface area contributed by atoms with Gasteiger partial charge in [-0.2, -0.15) is 0 Å². The number of nitrogens with one attached hydrogen (secondary N) is 1. The minimum absolute atomic E-state index is 0.0693. The number of piperidine rings is 1. The van der Waals surface area contributed by atoms with Crippen LogP contribution in [0.4, 0.5) is 0 Å². The van der Waals surface area contributed by atoms with Crippen molar-refractivity contribution in [3.63, 3.8) is 0 Å². The van der Waals surface area contributed by atoms with Crippen molar-refractivity contribution in [2.24, 2.45) is 0 Å². The van der Waals surface area contributed by atoms with E-state index in [0.717, 1.165) is 11.3 Å². The third-order valence-corrected chi connectivity index (χ3v) is 6.73. The van der Waals surface area contributed by atoms with Gasteiger partial charge in [0.25, 0.3) is 5.91 Å². The van der Waals surface area contributed by atoms with Crippen molar-refractivity contribution in [3.8, 4) is 11.5 Å². The number of halogens is 1. The Morgan fingerprint density at radius 3 is 2.68 bits per heavy atom. The molecule has 31 heavy (non-hydrogen) atoms. The summed E-state index contributed by atoms with van der Waals surface area (Å²) in [5.41, 5.74) is 1.04. The van der Waals surface area contributed by atoms with E-state index in [4.69, 9.17) is 21.1 Å². The van der Waals surface area contributed by atoms with E-state index in [-0.39, 0.29) is 24.6 Å². The number of rotatable bonds is 3. The van der Waals surface area contributed by atoms with E-state index in [1.54, 1.807) is 12.1 Å². The van der Waals surface area contributed by atoms with E-state index in [0.29, 0.717) is 48.8 Å². The number of likely N-dealkylation sites (tertiary alicyclic amines) is 1. The summed E-state index contributed by atoms with van der Waals surface area (Å²) in [7, 11) is 0. The Hall–Kier alpha value is -2.77. The molecule has 3 aliphatic heterocycles. The molecule has 2 fully saturated rings. The summed E-state index contributed by atoms with van der Waals surface area (Å²) in [6.45, 7) is 3.69. The number of hydrogen-bond donors (Lipinski definition) is 1. The number of nitrogens with zero attached hydrogens (tertiary/aromatic N) is 2. The van der Waals surface area contributed by atoms with Crippen molar-refractivity contribution in [2.75, 3.05) is 19.9 Å². The van der Waals surface area contributed by atoms with Gasteiger partial charge < -0.3 is 19.3 Å². The lowest BCUT2D eigenvalue weighted by Crippen LogP contribution is -2.59. The van der Waals surface area contributed by atoms with Gasteiger partial charge in [0.15, 0.2) is 11.5 Å². The summed E-state index contributed by atoms with van der Waals surface area (Å²) in [4.78, 5) is 29.7. The maximum Gasteiger partial charge on any atom is 0.255 e. The zero-order valence-electron chi connectivity index (χ0n) is 17.3. The number of carbonyl (C=O) groups is 2. The number of benzene rings is 2. The SMILES string of the molecule is CC1NC2(CCN(C(=O)c3ccccc3Cl)CC2)N(Cc2ccc3c(c2)OCO3)C1=O.